The number of hydrogen-bond donors (Lipinski definition) is 0. The van der Waals surface area contributed by atoms with Gasteiger partial charge in [-0.2, -0.15) is 0 Å². The molecule has 3 heterocycles. The topological polar surface area (TPSA) is 88.1 Å². The molecule has 2 aromatic rings. The van der Waals surface area contributed by atoms with Crippen LogP contribution in [0.25, 0.3) is 0 Å². The second-order valence-corrected chi connectivity index (χ2v) is 8.29. The van der Waals surface area contributed by atoms with Crippen molar-refractivity contribution >= 4 is 17.5 Å². The predicted octanol–water partition coefficient (Wildman–Crippen LogP) is 1.85. The fourth-order valence-corrected chi connectivity index (χ4v) is 4.28. The lowest BCUT2D eigenvalue weighted by Crippen LogP contribution is -2.49. The zero-order valence-corrected chi connectivity index (χ0v) is 19.1. The summed E-state index contributed by atoms with van der Waals surface area (Å²) in [5.74, 6) is 0.681. The van der Waals surface area contributed by atoms with Crippen LogP contribution in [-0.2, 0) is 9.53 Å². The molecule has 176 valence electrons. The molecule has 0 saturated carbocycles. The summed E-state index contributed by atoms with van der Waals surface area (Å²) < 4.78 is 10.9. The van der Waals surface area contributed by atoms with E-state index in [1.165, 1.54) is 18.6 Å². The molecule has 2 saturated heterocycles. The first-order valence-electron chi connectivity index (χ1n) is 11.5. The molecule has 1 atom stereocenters. The van der Waals surface area contributed by atoms with Crippen LogP contribution in [0.2, 0.25) is 0 Å². The van der Waals surface area contributed by atoms with Crippen molar-refractivity contribution < 1.29 is 19.1 Å². The maximum Gasteiger partial charge on any atom is 0.274 e. The SMILES string of the molecule is COc1ccc(N2CCN(C(=O)CCN(CC3CCCO3)C(=O)c3cnccn3)CC2)cc1. The number of ether oxygens (including phenoxy) is 2. The van der Waals surface area contributed by atoms with E-state index < -0.39 is 0 Å². The molecule has 2 amide bonds. The highest BCUT2D eigenvalue weighted by Gasteiger charge is 2.26. The van der Waals surface area contributed by atoms with Gasteiger partial charge in [-0.15, -0.1) is 0 Å². The van der Waals surface area contributed by atoms with Gasteiger partial charge in [0.15, 0.2) is 0 Å². The molecule has 0 aliphatic carbocycles. The molecule has 2 aliphatic rings. The molecule has 2 fully saturated rings. The molecule has 9 heteroatoms. The maximum atomic E-state index is 13.0. The van der Waals surface area contributed by atoms with E-state index in [0.29, 0.717) is 26.2 Å². The van der Waals surface area contributed by atoms with Crippen LogP contribution in [0.4, 0.5) is 5.69 Å². The van der Waals surface area contributed by atoms with Gasteiger partial charge >= 0.3 is 0 Å². The van der Waals surface area contributed by atoms with E-state index >= 15 is 0 Å². The first kappa shape index (κ1) is 23.0. The summed E-state index contributed by atoms with van der Waals surface area (Å²) in [6, 6.07) is 7.97. The second-order valence-electron chi connectivity index (χ2n) is 8.29. The van der Waals surface area contributed by atoms with Crippen molar-refractivity contribution in [3.8, 4) is 5.75 Å². The zero-order chi connectivity index (χ0) is 23.0. The van der Waals surface area contributed by atoms with Gasteiger partial charge in [-0.05, 0) is 37.1 Å². The van der Waals surface area contributed by atoms with Gasteiger partial charge in [0, 0.05) is 70.4 Å². The number of methoxy groups -OCH3 is 1. The van der Waals surface area contributed by atoms with Gasteiger partial charge in [0.25, 0.3) is 5.91 Å². The van der Waals surface area contributed by atoms with Crippen molar-refractivity contribution in [3.63, 3.8) is 0 Å². The third-order valence-corrected chi connectivity index (χ3v) is 6.18. The molecule has 1 aromatic carbocycles. The monoisotopic (exact) mass is 453 g/mol. The van der Waals surface area contributed by atoms with Crippen LogP contribution in [0.5, 0.6) is 5.75 Å². The lowest BCUT2D eigenvalue weighted by atomic mass is 10.2. The highest BCUT2D eigenvalue weighted by atomic mass is 16.5. The zero-order valence-electron chi connectivity index (χ0n) is 19.1. The highest BCUT2D eigenvalue weighted by molar-refractivity contribution is 5.92. The Kier molecular flexibility index (Phi) is 7.72. The standard InChI is InChI=1S/C24H31N5O4/c1-32-20-6-4-19(5-7-20)27-12-14-28(15-13-27)23(30)8-11-29(18-21-3-2-16-33-21)24(31)22-17-25-9-10-26-22/h4-7,9-10,17,21H,2-3,8,11-16,18H2,1H3. The molecule has 0 radical (unpaired) electrons. The number of aromatic nitrogens is 2. The van der Waals surface area contributed by atoms with Gasteiger partial charge in [-0.1, -0.05) is 0 Å². The minimum Gasteiger partial charge on any atom is -0.497 e. The number of anilines is 1. The van der Waals surface area contributed by atoms with E-state index in [1.54, 1.807) is 12.0 Å². The molecule has 0 N–H and O–H groups in total. The number of piperazine rings is 1. The first-order valence-corrected chi connectivity index (χ1v) is 11.5. The van der Waals surface area contributed by atoms with Crippen molar-refractivity contribution in [2.24, 2.45) is 0 Å². The van der Waals surface area contributed by atoms with Gasteiger partial charge in [-0.3, -0.25) is 14.6 Å². The average molecular weight is 454 g/mol. The molecule has 1 aromatic heterocycles. The summed E-state index contributed by atoms with van der Waals surface area (Å²) in [5, 5.41) is 0. The van der Waals surface area contributed by atoms with E-state index in [1.807, 2.05) is 29.2 Å². The van der Waals surface area contributed by atoms with Crippen LogP contribution in [0.15, 0.2) is 42.9 Å². The number of hydrogen-bond acceptors (Lipinski definition) is 7. The van der Waals surface area contributed by atoms with Crippen LogP contribution in [-0.4, -0.2) is 90.7 Å². The number of benzene rings is 1. The first-order chi connectivity index (χ1) is 16.1. The molecule has 9 nitrogen and oxygen atoms in total. The maximum absolute atomic E-state index is 13.0. The highest BCUT2D eigenvalue weighted by Crippen LogP contribution is 2.21. The van der Waals surface area contributed by atoms with E-state index in [0.717, 1.165) is 44.0 Å². The van der Waals surface area contributed by atoms with Crippen LogP contribution in [0, 0.1) is 0 Å². The summed E-state index contributed by atoms with van der Waals surface area (Å²) >= 11 is 0. The molecule has 1 unspecified atom stereocenters. The van der Waals surface area contributed by atoms with Crippen LogP contribution in [0.1, 0.15) is 29.8 Å². The van der Waals surface area contributed by atoms with Gasteiger partial charge in [0.2, 0.25) is 5.91 Å². The predicted molar refractivity (Wildman–Crippen MR) is 123 cm³/mol. The Hall–Kier alpha value is -3.20. The van der Waals surface area contributed by atoms with Crippen molar-refractivity contribution in [2.45, 2.75) is 25.4 Å². The number of carbonyl (C=O) groups is 2. The molecule has 2 aliphatic heterocycles. The molecule has 4 rings (SSSR count). The Morgan fingerprint density at radius 2 is 1.94 bits per heavy atom. The Morgan fingerprint density at radius 1 is 1.15 bits per heavy atom. The van der Waals surface area contributed by atoms with E-state index in [9.17, 15) is 9.59 Å². The normalized spacial score (nSPS) is 18.3. The Labute approximate surface area is 194 Å². The van der Waals surface area contributed by atoms with Gasteiger partial charge < -0.3 is 24.2 Å². The Bertz CT molecular complexity index is 910. The van der Waals surface area contributed by atoms with Crippen molar-refractivity contribution in [1.29, 1.82) is 0 Å². The molecule has 33 heavy (non-hydrogen) atoms. The summed E-state index contributed by atoms with van der Waals surface area (Å²) in [7, 11) is 1.65. The van der Waals surface area contributed by atoms with Crippen LogP contribution in [0.3, 0.4) is 0 Å². The quantitative estimate of drug-likeness (QED) is 0.603. The Morgan fingerprint density at radius 3 is 2.58 bits per heavy atom. The van der Waals surface area contributed by atoms with Crippen molar-refractivity contribution in [1.82, 2.24) is 19.8 Å². The van der Waals surface area contributed by atoms with Gasteiger partial charge in [0.05, 0.1) is 19.4 Å². The van der Waals surface area contributed by atoms with E-state index in [-0.39, 0.29) is 30.0 Å². The van der Waals surface area contributed by atoms with Crippen molar-refractivity contribution in [3.05, 3.63) is 48.5 Å². The fourth-order valence-electron chi connectivity index (χ4n) is 4.28. The summed E-state index contributed by atoms with van der Waals surface area (Å²) in [6.07, 6.45) is 6.71. The number of amides is 2. The van der Waals surface area contributed by atoms with Gasteiger partial charge in [0.1, 0.15) is 11.4 Å². The molecular formula is C24H31N5O4. The smallest absolute Gasteiger partial charge is 0.274 e. The minimum absolute atomic E-state index is 0.00812. The van der Waals surface area contributed by atoms with E-state index in [2.05, 4.69) is 14.9 Å². The van der Waals surface area contributed by atoms with Crippen molar-refractivity contribution in [2.75, 3.05) is 57.9 Å². The lowest BCUT2D eigenvalue weighted by molar-refractivity contribution is -0.131. The van der Waals surface area contributed by atoms with Crippen LogP contribution >= 0.6 is 0 Å². The van der Waals surface area contributed by atoms with Gasteiger partial charge in [-0.25, -0.2) is 4.98 Å². The molecule has 0 spiro atoms. The third-order valence-electron chi connectivity index (χ3n) is 6.18. The number of rotatable bonds is 8. The van der Waals surface area contributed by atoms with Crippen LogP contribution < -0.4 is 9.64 Å². The number of nitrogens with zero attached hydrogens (tertiary/aromatic N) is 5. The second kappa shape index (κ2) is 11.1. The average Bonchev–Trinajstić information content (AvgIpc) is 3.40. The third kappa shape index (κ3) is 5.98. The molecular weight excluding hydrogens is 422 g/mol. The number of carbonyl (C=O) groups excluding carboxylic acids is 2. The largest absolute Gasteiger partial charge is 0.497 e. The lowest BCUT2D eigenvalue weighted by Gasteiger charge is -2.36. The minimum atomic E-state index is -0.212. The molecule has 0 bridgehead atoms. The summed E-state index contributed by atoms with van der Waals surface area (Å²) in [4.78, 5) is 39.9. The van der Waals surface area contributed by atoms with E-state index in [4.69, 9.17) is 9.47 Å². The summed E-state index contributed by atoms with van der Waals surface area (Å²) in [5.41, 5.74) is 1.41. The summed E-state index contributed by atoms with van der Waals surface area (Å²) in [6.45, 7) is 4.39. The Balaban J connectivity index is 1.30. The fraction of sp³-hybridized carbons (Fsp3) is 0.500.